The molecule has 0 aliphatic carbocycles. The molecule has 0 saturated heterocycles. The molecule has 1 unspecified atom stereocenters. The van der Waals surface area contributed by atoms with E-state index in [2.05, 4.69) is 5.32 Å². The van der Waals surface area contributed by atoms with E-state index in [0.717, 1.165) is 25.8 Å². The first-order valence-corrected chi connectivity index (χ1v) is 7.66. The number of methoxy groups -OCH3 is 1. The number of ether oxygens (including phenoxy) is 2. The van der Waals surface area contributed by atoms with Crippen molar-refractivity contribution in [3.63, 3.8) is 0 Å². The van der Waals surface area contributed by atoms with Gasteiger partial charge < -0.3 is 25.4 Å². The van der Waals surface area contributed by atoms with E-state index in [-0.39, 0.29) is 6.09 Å². The van der Waals surface area contributed by atoms with Crippen LogP contribution in [0.3, 0.4) is 0 Å². The van der Waals surface area contributed by atoms with Gasteiger partial charge in [-0.3, -0.25) is 0 Å². The fourth-order valence-electron chi connectivity index (χ4n) is 1.86. The number of amides is 1. The van der Waals surface area contributed by atoms with Crippen molar-refractivity contribution in [3.8, 4) is 0 Å². The van der Waals surface area contributed by atoms with Crippen LogP contribution in [-0.4, -0.2) is 63.0 Å². The average Bonchev–Trinajstić information content (AvgIpc) is 2.38. The van der Waals surface area contributed by atoms with Crippen LogP contribution in [0.25, 0.3) is 0 Å². The Kier molecular flexibility index (Phi) is 10.4. The number of nitrogens with two attached hydrogens (primary N) is 1. The summed E-state index contributed by atoms with van der Waals surface area (Å²) in [5.74, 6) is 0. The largest absolute Gasteiger partial charge is 0.444 e. The Morgan fingerprint density at radius 1 is 1.33 bits per heavy atom. The van der Waals surface area contributed by atoms with Crippen LogP contribution in [0.15, 0.2) is 0 Å². The van der Waals surface area contributed by atoms with Crippen LogP contribution >= 0.6 is 0 Å². The fourth-order valence-corrected chi connectivity index (χ4v) is 1.86. The molecule has 21 heavy (non-hydrogen) atoms. The van der Waals surface area contributed by atoms with E-state index in [1.807, 2.05) is 20.8 Å². The predicted octanol–water partition coefficient (Wildman–Crippen LogP) is 1.59. The smallest absolute Gasteiger partial charge is 0.410 e. The Bertz CT molecular complexity index is 280. The highest BCUT2D eigenvalue weighted by Crippen LogP contribution is 2.09. The molecule has 0 heterocycles. The lowest BCUT2D eigenvalue weighted by Crippen LogP contribution is -2.38. The molecule has 1 amide bonds. The second kappa shape index (κ2) is 10.8. The van der Waals surface area contributed by atoms with Crippen LogP contribution in [0.5, 0.6) is 0 Å². The first-order chi connectivity index (χ1) is 9.80. The minimum atomic E-state index is -0.449. The zero-order valence-corrected chi connectivity index (χ0v) is 14.3. The number of rotatable bonds is 10. The van der Waals surface area contributed by atoms with Crippen LogP contribution in [0, 0.1) is 0 Å². The Hall–Kier alpha value is -0.850. The number of hydrogen-bond donors (Lipinski definition) is 2. The summed E-state index contributed by atoms with van der Waals surface area (Å²) in [6.07, 6.45) is 2.59. The lowest BCUT2D eigenvalue weighted by atomic mass is 10.1. The highest BCUT2D eigenvalue weighted by molar-refractivity contribution is 5.67. The van der Waals surface area contributed by atoms with Gasteiger partial charge >= 0.3 is 6.09 Å². The van der Waals surface area contributed by atoms with Gasteiger partial charge in [-0.1, -0.05) is 0 Å². The summed E-state index contributed by atoms with van der Waals surface area (Å²) < 4.78 is 10.5. The van der Waals surface area contributed by atoms with E-state index in [1.54, 1.807) is 19.1 Å². The maximum absolute atomic E-state index is 11.8. The summed E-state index contributed by atoms with van der Waals surface area (Å²) in [5, 5.41) is 3.44. The summed E-state index contributed by atoms with van der Waals surface area (Å²) >= 11 is 0. The Morgan fingerprint density at radius 2 is 2.00 bits per heavy atom. The van der Waals surface area contributed by atoms with Gasteiger partial charge in [0.1, 0.15) is 5.60 Å². The molecule has 0 aliphatic rings. The van der Waals surface area contributed by atoms with E-state index >= 15 is 0 Å². The standard InChI is InChI=1S/C15H33N3O3/c1-15(2,3)21-14(19)18(4)11-7-10-17-13(12-20-5)8-6-9-16/h13,17H,6-12,16H2,1-5H3. The molecule has 126 valence electrons. The van der Waals surface area contributed by atoms with Crippen LogP contribution in [0.1, 0.15) is 40.0 Å². The van der Waals surface area contributed by atoms with Gasteiger partial charge in [-0.25, -0.2) is 4.79 Å². The van der Waals surface area contributed by atoms with E-state index in [1.165, 1.54) is 0 Å². The molecule has 0 aromatic carbocycles. The molecule has 0 fully saturated rings. The highest BCUT2D eigenvalue weighted by atomic mass is 16.6. The third kappa shape index (κ3) is 11.5. The molecule has 0 saturated carbocycles. The molecular formula is C15H33N3O3. The van der Waals surface area contributed by atoms with Gasteiger partial charge in [0.05, 0.1) is 6.61 Å². The van der Waals surface area contributed by atoms with E-state index in [4.69, 9.17) is 15.2 Å². The first-order valence-electron chi connectivity index (χ1n) is 7.66. The van der Waals surface area contributed by atoms with E-state index < -0.39 is 5.60 Å². The Balaban J connectivity index is 3.87. The molecule has 6 nitrogen and oxygen atoms in total. The molecular weight excluding hydrogens is 270 g/mol. The number of hydrogen-bond acceptors (Lipinski definition) is 5. The molecule has 0 spiro atoms. The van der Waals surface area contributed by atoms with Crippen molar-refractivity contribution in [2.24, 2.45) is 5.73 Å². The number of nitrogens with zero attached hydrogens (tertiary/aromatic N) is 1. The van der Waals surface area contributed by atoms with Gasteiger partial charge in [-0.15, -0.1) is 0 Å². The van der Waals surface area contributed by atoms with Crippen molar-refractivity contribution in [1.82, 2.24) is 10.2 Å². The highest BCUT2D eigenvalue weighted by Gasteiger charge is 2.19. The van der Waals surface area contributed by atoms with Crippen LogP contribution in [0.2, 0.25) is 0 Å². The molecule has 0 aliphatic heterocycles. The Labute approximate surface area is 129 Å². The quantitative estimate of drug-likeness (QED) is 0.599. The lowest BCUT2D eigenvalue weighted by Gasteiger charge is -2.25. The van der Waals surface area contributed by atoms with Crippen LogP contribution < -0.4 is 11.1 Å². The predicted molar refractivity (Wildman–Crippen MR) is 85.4 cm³/mol. The molecule has 0 aromatic rings. The van der Waals surface area contributed by atoms with Gasteiger partial charge in [-0.05, 0) is 53.1 Å². The van der Waals surface area contributed by atoms with Crippen LogP contribution in [-0.2, 0) is 9.47 Å². The van der Waals surface area contributed by atoms with Gasteiger partial charge in [0.25, 0.3) is 0 Å². The maximum Gasteiger partial charge on any atom is 0.410 e. The molecule has 0 bridgehead atoms. The van der Waals surface area contributed by atoms with Gasteiger partial charge in [0, 0.05) is 26.7 Å². The molecule has 0 rings (SSSR count). The molecule has 3 N–H and O–H groups in total. The van der Waals surface area contributed by atoms with Crippen molar-refractivity contribution in [2.75, 3.05) is 40.4 Å². The fraction of sp³-hybridized carbons (Fsp3) is 0.933. The molecule has 6 heteroatoms. The topological polar surface area (TPSA) is 76.8 Å². The first kappa shape index (κ1) is 20.1. The van der Waals surface area contributed by atoms with Crippen molar-refractivity contribution >= 4 is 6.09 Å². The Morgan fingerprint density at radius 3 is 2.52 bits per heavy atom. The summed E-state index contributed by atoms with van der Waals surface area (Å²) in [5.41, 5.74) is 5.08. The summed E-state index contributed by atoms with van der Waals surface area (Å²) in [7, 11) is 3.46. The van der Waals surface area contributed by atoms with Gasteiger partial charge in [-0.2, -0.15) is 0 Å². The van der Waals surface area contributed by atoms with Gasteiger partial charge in [0.15, 0.2) is 0 Å². The minimum absolute atomic E-state index is 0.279. The maximum atomic E-state index is 11.8. The summed E-state index contributed by atoms with van der Waals surface area (Å²) in [4.78, 5) is 13.4. The monoisotopic (exact) mass is 303 g/mol. The lowest BCUT2D eigenvalue weighted by molar-refractivity contribution is 0.0296. The van der Waals surface area contributed by atoms with Crippen molar-refractivity contribution in [1.29, 1.82) is 0 Å². The molecule has 0 radical (unpaired) electrons. The zero-order valence-electron chi connectivity index (χ0n) is 14.3. The molecule has 1 atom stereocenters. The zero-order chi connectivity index (χ0) is 16.3. The van der Waals surface area contributed by atoms with Crippen molar-refractivity contribution in [3.05, 3.63) is 0 Å². The van der Waals surface area contributed by atoms with Gasteiger partial charge in [0.2, 0.25) is 0 Å². The summed E-state index contributed by atoms with van der Waals surface area (Å²) in [6.45, 7) is 8.49. The van der Waals surface area contributed by atoms with E-state index in [9.17, 15) is 4.79 Å². The third-order valence-electron chi connectivity index (χ3n) is 2.93. The SMILES string of the molecule is COCC(CCCN)NCCCN(C)C(=O)OC(C)(C)C. The second-order valence-corrected chi connectivity index (χ2v) is 6.29. The normalized spacial score (nSPS) is 13.0. The third-order valence-corrected chi connectivity index (χ3v) is 2.93. The number of nitrogens with one attached hydrogen (secondary N) is 1. The minimum Gasteiger partial charge on any atom is -0.444 e. The summed E-state index contributed by atoms with van der Waals surface area (Å²) in [6, 6.07) is 0.324. The second-order valence-electron chi connectivity index (χ2n) is 6.29. The number of carbonyl (C=O) groups is 1. The van der Waals surface area contributed by atoms with Crippen molar-refractivity contribution in [2.45, 2.75) is 51.7 Å². The molecule has 0 aromatic heterocycles. The average molecular weight is 303 g/mol. The van der Waals surface area contributed by atoms with Crippen molar-refractivity contribution < 1.29 is 14.3 Å². The van der Waals surface area contributed by atoms with E-state index in [0.29, 0.717) is 25.7 Å². The number of carbonyl (C=O) groups excluding carboxylic acids is 1. The van der Waals surface area contributed by atoms with Crippen LogP contribution in [0.4, 0.5) is 4.79 Å².